The van der Waals surface area contributed by atoms with E-state index in [-0.39, 0.29) is 13.2 Å². The fourth-order valence-corrected chi connectivity index (χ4v) is 3.95. The number of nitrogens with zero attached hydrogens (tertiary/aromatic N) is 2. The molecule has 4 aromatic rings. The maximum absolute atomic E-state index is 11.9. The highest BCUT2D eigenvalue weighted by Crippen LogP contribution is 2.19. The number of aliphatic hydroxyl groups is 2. The van der Waals surface area contributed by atoms with E-state index in [0.29, 0.717) is 61.8 Å². The van der Waals surface area contributed by atoms with Crippen molar-refractivity contribution in [1.82, 2.24) is 0 Å². The molecule has 2 unspecified atom stereocenters. The molecule has 0 aliphatic carbocycles. The van der Waals surface area contributed by atoms with Gasteiger partial charge in [-0.2, -0.15) is 9.46 Å². The van der Waals surface area contributed by atoms with E-state index in [2.05, 4.69) is 0 Å². The largest absolute Gasteiger partial charge is 0.618 e. The average molecular weight is 525 g/mol. The van der Waals surface area contributed by atoms with Crippen LogP contribution in [0.4, 0.5) is 0 Å². The van der Waals surface area contributed by atoms with Crippen LogP contribution in [0.15, 0.2) is 73.1 Å². The van der Waals surface area contributed by atoms with E-state index in [9.17, 15) is 20.6 Å². The second kappa shape index (κ2) is 14.0. The van der Waals surface area contributed by atoms with E-state index in [1.807, 2.05) is 12.1 Å². The van der Waals surface area contributed by atoms with Crippen LogP contribution in [0.2, 0.25) is 0 Å². The number of fused-ring (bicyclic) bond motifs is 2. The minimum atomic E-state index is -0.842. The molecule has 4 rings (SSSR count). The molecule has 2 aromatic heterocycles. The zero-order valence-electron chi connectivity index (χ0n) is 21.0. The lowest BCUT2D eigenvalue weighted by Crippen LogP contribution is -2.26. The number of aliphatic hydroxyl groups excluding tert-OH is 2. The Morgan fingerprint density at radius 2 is 0.974 bits per heavy atom. The molecule has 0 bridgehead atoms. The molecule has 2 atom stereocenters. The molecule has 2 aromatic carbocycles. The average Bonchev–Trinajstić information content (AvgIpc) is 2.93. The third-order valence-corrected chi connectivity index (χ3v) is 6.02. The lowest BCUT2D eigenvalue weighted by atomic mass is 10.1. The lowest BCUT2D eigenvalue weighted by Gasteiger charge is -2.13. The fraction of sp³-hybridized carbons (Fsp3) is 0.357. The predicted molar refractivity (Wildman–Crippen MR) is 139 cm³/mol. The summed E-state index contributed by atoms with van der Waals surface area (Å²) >= 11 is 0. The van der Waals surface area contributed by atoms with Crippen molar-refractivity contribution in [2.45, 2.75) is 12.2 Å². The summed E-state index contributed by atoms with van der Waals surface area (Å²) < 4.78 is 23.4. The van der Waals surface area contributed by atoms with E-state index >= 15 is 0 Å². The van der Waals surface area contributed by atoms with Crippen molar-refractivity contribution in [3.05, 3.63) is 94.6 Å². The zero-order valence-corrected chi connectivity index (χ0v) is 21.0. The van der Waals surface area contributed by atoms with Gasteiger partial charge in [-0.15, -0.1) is 0 Å². The molecule has 10 nitrogen and oxygen atoms in total. The third kappa shape index (κ3) is 7.57. The van der Waals surface area contributed by atoms with Crippen LogP contribution >= 0.6 is 0 Å². The maximum atomic E-state index is 11.9. The SMILES string of the molecule is [O-][n+]1cccc2ccc(C(O)COCCOCCOCCOCC(O)c3ccc4ccc[n+]([O-])c4c3)cc21. The van der Waals surface area contributed by atoms with Gasteiger partial charge in [-0.25, -0.2) is 0 Å². The summed E-state index contributed by atoms with van der Waals surface area (Å²) in [5, 5.41) is 46.0. The zero-order chi connectivity index (χ0) is 26.7. The molecule has 0 aliphatic heterocycles. The molecular weight excluding hydrogens is 492 g/mol. The van der Waals surface area contributed by atoms with Gasteiger partial charge in [0.15, 0.2) is 12.4 Å². The van der Waals surface area contributed by atoms with Crippen LogP contribution in [0, 0.1) is 10.4 Å². The Morgan fingerprint density at radius 3 is 1.39 bits per heavy atom. The van der Waals surface area contributed by atoms with Gasteiger partial charge in [-0.05, 0) is 35.4 Å². The normalized spacial score (nSPS) is 13.2. The molecule has 0 saturated heterocycles. The first-order valence-corrected chi connectivity index (χ1v) is 12.4. The molecule has 0 fully saturated rings. The molecule has 0 amide bonds. The Morgan fingerprint density at radius 1 is 0.579 bits per heavy atom. The number of pyridine rings is 2. The fourth-order valence-electron chi connectivity index (χ4n) is 3.95. The summed E-state index contributed by atoms with van der Waals surface area (Å²) in [5.41, 5.74) is 2.23. The molecule has 38 heavy (non-hydrogen) atoms. The van der Waals surface area contributed by atoms with Crippen molar-refractivity contribution in [1.29, 1.82) is 0 Å². The summed E-state index contributed by atoms with van der Waals surface area (Å²) in [7, 11) is 0. The van der Waals surface area contributed by atoms with Gasteiger partial charge in [0.05, 0.1) is 52.9 Å². The van der Waals surface area contributed by atoms with Gasteiger partial charge in [0.2, 0.25) is 11.0 Å². The van der Waals surface area contributed by atoms with E-state index in [4.69, 9.17) is 18.9 Å². The predicted octanol–water partition coefficient (Wildman–Crippen LogP) is 2.09. The summed E-state index contributed by atoms with van der Waals surface area (Å²) in [4.78, 5) is 0. The molecule has 202 valence electrons. The maximum Gasteiger partial charge on any atom is 0.224 e. The topological polar surface area (TPSA) is 131 Å². The van der Waals surface area contributed by atoms with Crippen molar-refractivity contribution in [2.24, 2.45) is 0 Å². The Hall–Kier alpha value is -3.38. The van der Waals surface area contributed by atoms with Crippen molar-refractivity contribution in [3.63, 3.8) is 0 Å². The first-order valence-electron chi connectivity index (χ1n) is 12.4. The van der Waals surface area contributed by atoms with Crippen molar-refractivity contribution >= 4 is 21.8 Å². The van der Waals surface area contributed by atoms with Gasteiger partial charge < -0.3 is 39.6 Å². The van der Waals surface area contributed by atoms with Gasteiger partial charge in [-0.1, -0.05) is 12.1 Å². The van der Waals surface area contributed by atoms with E-state index in [0.717, 1.165) is 20.2 Å². The van der Waals surface area contributed by atoms with Crippen molar-refractivity contribution < 1.29 is 38.6 Å². The quantitative estimate of drug-likeness (QED) is 0.137. The molecule has 0 radical (unpaired) electrons. The van der Waals surface area contributed by atoms with Crippen LogP contribution in [-0.4, -0.2) is 63.1 Å². The molecule has 10 heteroatoms. The Bertz CT molecular complexity index is 1220. The Labute approximate surface area is 220 Å². The summed E-state index contributed by atoms with van der Waals surface area (Å²) in [5.74, 6) is 0. The summed E-state index contributed by atoms with van der Waals surface area (Å²) in [6.45, 7) is 2.29. The van der Waals surface area contributed by atoms with E-state index in [1.165, 1.54) is 12.4 Å². The third-order valence-electron chi connectivity index (χ3n) is 6.02. The van der Waals surface area contributed by atoms with Crippen LogP contribution < -0.4 is 9.46 Å². The molecule has 0 aliphatic rings. The van der Waals surface area contributed by atoms with E-state index < -0.39 is 12.2 Å². The van der Waals surface area contributed by atoms with E-state index in [1.54, 1.807) is 48.5 Å². The van der Waals surface area contributed by atoms with Gasteiger partial charge >= 0.3 is 0 Å². The van der Waals surface area contributed by atoms with Gasteiger partial charge in [0.1, 0.15) is 12.2 Å². The molecule has 2 heterocycles. The van der Waals surface area contributed by atoms with Crippen LogP contribution in [-0.2, 0) is 18.9 Å². The van der Waals surface area contributed by atoms with Crippen LogP contribution in [0.1, 0.15) is 23.3 Å². The first-order chi connectivity index (χ1) is 18.5. The highest BCUT2D eigenvalue weighted by atomic mass is 16.6. The van der Waals surface area contributed by atoms with Gasteiger partial charge in [-0.3, -0.25) is 0 Å². The van der Waals surface area contributed by atoms with Crippen LogP contribution in [0.5, 0.6) is 0 Å². The van der Waals surface area contributed by atoms with Crippen LogP contribution in [0.3, 0.4) is 0 Å². The number of hydrogen-bond donors (Lipinski definition) is 2. The number of benzene rings is 2. The van der Waals surface area contributed by atoms with Gasteiger partial charge in [0, 0.05) is 35.0 Å². The second-order valence-electron chi connectivity index (χ2n) is 8.71. The monoisotopic (exact) mass is 524 g/mol. The highest BCUT2D eigenvalue weighted by molar-refractivity contribution is 5.77. The smallest absolute Gasteiger partial charge is 0.224 e. The summed E-state index contributed by atoms with van der Waals surface area (Å²) in [6, 6.07) is 17.5. The Balaban J connectivity index is 1.01. The van der Waals surface area contributed by atoms with Gasteiger partial charge in [0.25, 0.3) is 0 Å². The summed E-state index contributed by atoms with van der Waals surface area (Å²) in [6.07, 6.45) is 1.16. The molecule has 0 saturated carbocycles. The number of aromatic nitrogens is 2. The minimum Gasteiger partial charge on any atom is -0.618 e. The van der Waals surface area contributed by atoms with Crippen LogP contribution in [0.25, 0.3) is 21.8 Å². The van der Waals surface area contributed by atoms with Crippen molar-refractivity contribution in [2.75, 3.05) is 52.9 Å². The number of rotatable bonds is 15. The molecule has 2 N–H and O–H groups in total. The lowest BCUT2D eigenvalue weighted by molar-refractivity contribution is -0.577. The molecule has 0 spiro atoms. The number of hydrogen-bond acceptors (Lipinski definition) is 8. The second-order valence-corrected chi connectivity index (χ2v) is 8.71. The highest BCUT2D eigenvalue weighted by Gasteiger charge is 2.13. The number of ether oxygens (including phenoxy) is 4. The first kappa shape index (κ1) is 27.6. The van der Waals surface area contributed by atoms with Crippen molar-refractivity contribution in [3.8, 4) is 0 Å². The Kier molecular flexibility index (Phi) is 10.2. The minimum absolute atomic E-state index is 0.0936. The standard InChI is InChI=1S/C28H32N2O8/c31-27(23-7-5-21-3-1-9-29(33)25(21)17-23)19-37-15-13-35-11-12-36-14-16-38-20-28(32)24-8-6-22-4-2-10-30(34)26(22)18-24/h1-10,17-18,27-28,31-32H,11-16,19-20H2. The molecular formula is C28H32N2O8.